The summed E-state index contributed by atoms with van der Waals surface area (Å²) in [7, 11) is 1.30. The van der Waals surface area contributed by atoms with Gasteiger partial charge in [0.1, 0.15) is 30.5 Å². The second-order valence-corrected chi connectivity index (χ2v) is 10.0. The molecule has 2 N–H and O–H groups in total. The first-order valence-corrected chi connectivity index (χ1v) is 14.0. The van der Waals surface area contributed by atoms with E-state index in [2.05, 4.69) is 10.6 Å². The molecule has 1 fully saturated rings. The first kappa shape index (κ1) is 29.0. The number of rotatable bonds is 14. The van der Waals surface area contributed by atoms with Crippen LogP contribution in [0.2, 0.25) is 0 Å². The molecule has 3 amide bonds. The SMILES string of the molecule is COC(=O)[C@@H]1CCCN1C(=O)[C@H](Cc1ccc(OCc2ccccc2)cc1)NC(=O)[C@H](CCSC)NC=O. The van der Waals surface area contributed by atoms with E-state index >= 15 is 0 Å². The molecule has 1 aliphatic heterocycles. The van der Waals surface area contributed by atoms with Gasteiger partial charge in [-0.05, 0) is 54.5 Å². The number of carbonyl (C=O) groups is 4. The van der Waals surface area contributed by atoms with Crippen molar-refractivity contribution in [3.63, 3.8) is 0 Å². The van der Waals surface area contributed by atoms with Crippen LogP contribution in [0.4, 0.5) is 0 Å². The Morgan fingerprint density at radius 2 is 1.82 bits per heavy atom. The minimum absolute atomic E-state index is 0.213. The second kappa shape index (κ2) is 15.0. The number of hydrogen-bond donors (Lipinski definition) is 2. The summed E-state index contributed by atoms with van der Waals surface area (Å²) in [5, 5.41) is 5.38. The van der Waals surface area contributed by atoms with E-state index in [0.717, 1.165) is 11.1 Å². The third-order valence-corrected chi connectivity index (χ3v) is 7.08. The topological polar surface area (TPSA) is 114 Å². The number of benzene rings is 2. The molecule has 0 aromatic heterocycles. The van der Waals surface area contributed by atoms with Crippen LogP contribution in [-0.2, 0) is 36.9 Å². The van der Waals surface area contributed by atoms with E-state index in [1.165, 1.54) is 12.0 Å². The number of esters is 1. The molecule has 2 aromatic carbocycles. The number of amides is 3. The first-order valence-electron chi connectivity index (χ1n) is 12.6. The average Bonchev–Trinajstić information content (AvgIpc) is 3.44. The molecular formula is C28H35N3O6S. The Labute approximate surface area is 227 Å². The Bertz CT molecular complexity index is 1070. The Balaban J connectivity index is 1.75. The van der Waals surface area contributed by atoms with E-state index in [1.54, 1.807) is 11.8 Å². The number of methoxy groups -OCH3 is 1. The van der Waals surface area contributed by atoms with Gasteiger partial charge in [0.2, 0.25) is 18.2 Å². The average molecular weight is 542 g/mol. The maximum absolute atomic E-state index is 13.6. The van der Waals surface area contributed by atoms with E-state index in [4.69, 9.17) is 9.47 Å². The standard InChI is InChI=1S/C28H35N3O6S/c1-36-28(35)25-9-6-15-31(25)27(34)24(30-26(33)23(29-19-32)14-16-38-2)17-20-10-12-22(13-11-20)37-18-21-7-4-3-5-8-21/h3-5,7-8,10-13,19,23-25H,6,9,14-18H2,1-2H3,(H,29,32)(H,30,33)/t23-,24-,25-/m0/s1. The van der Waals surface area contributed by atoms with Crippen molar-refractivity contribution in [3.8, 4) is 5.75 Å². The molecule has 1 saturated heterocycles. The highest BCUT2D eigenvalue weighted by atomic mass is 32.2. The summed E-state index contributed by atoms with van der Waals surface area (Å²) in [5.74, 6) is 0.0772. The Morgan fingerprint density at radius 1 is 1.08 bits per heavy atom. The number of likely N-dealkylation sites (tertiary alicyclic amines) is 1. The van der Waals surface area contributed by atoms with Gasteiger partial charge in [0, 0.05) is 13.0 Å². The molecule has 38 heavy (non-hydrogen) atoms. The minimum Gasteiger partial charge on any atom is -0.489 e. The zero-order chi connectivity index (χ0) is 27.3. The largest absolute Gasteiger partial charge is 0.489 e. The first-order chi connectivity index (χ1) is 18.5. The van der Waals surface area contributed by atoms with Crippen molar-refractivity contribution in [1.29, 1.82) is 0 Å². The van der Waals surface area contributed by atoms with Crippen LogP contribution in [0.1, 0.15) is 30.4 Å². The van der Waals surface area contributed by atoms with Crippen LogP contribution in [0.15, 0.2) is 54.6 Å². The number of ether oxygens (including phenoxy) is 2. The van der Waals surface area contributed by atoms with Crippen molar-refractivity contribution < 1.29 is 28.7 Å². The molecule has 2 aromatic rings. The van der Waals surface area contributed by atoms with Gasteiger partial charge >= 0.3 is 5.97 Å². The van der Waals surface area contributed by atoms with Crippen molar-refractivity contribution in [2.24, 2.45) is 0 Å². The van der Waals surface area contributed by atoms with Crippen LogP contribution in [0.25, 0.3) is 0 Å². The highest BCUT2D eigenvalue weighted by Crippen LogP contribution is 2.21. The van der Waals surface area contributed by atoms with E-state index < -0.39 is 30.0 Å². The number of nitrogens with one attached hydrogen (secondary N) is 2. The lowest BCUT2D eigenvalue weighted by Gasteiger charge is -2.29. The van der Waals surface area contributed by atoms with E-state index in [1.807, 2.05) is 60.9 Å². The fraction of sp³-hybridized carbons (Fsp3) is 0.429. The Morgan fingerprint density at radius 3 is 2.47 bits per heavy atom. The highest BCUT2D eigenvalue weighted by Gasteiger charge is 2.38. The predicted octanol–water partition coefficient (Wildman–Crippen LogP) is 2.32. The fourth-order valence-corrected chi connectivity index (χ4v) is 4.86. The van der Waals surface area contributed by atoms with Crippen LogP contribution < -0.4 is 15.4 Å². The maximum atomic E-state index is 13.6. The minimum atomic E-state index is -0.922. The molecule has 0 saturated carbocycles. The molecule has 0 aliphatic carbocycles. The molecule has 0 bridgehead atoms. The monoisotopic (exact) mass is 541 g/mol. The molecule has 10 heteroatoms. The summed E-state index contributed by atoms with van der Waals surface area (Å²) in [6, 6.07) is 14.8. The third-order valence-electron chi connectivity index (χ3n) is 6.43. The summed E-state index contributed by atoms with van der Waals surface area (Å²) in [5.41, 5.74) is 1.87. The van der Waals surface area contributed by atoms with Gasteiger partial charge in [0.15, 0.2) is 0 Å². The molecule has 0 radical (unpaired) electrons. The Hall–Kier alpha value is -3.53. The van der Waals surface area contributed by atoms with Gasteiger partial charge in [-0.2, -0.15) is 11.8 Å². The van der Waals surface area contributed by atoms with Crippen molar-refractivity contribution >= 4 is 36.0 Å². The smallest absolute Gasteiger partial charge is 0.328 e. The summed E-state index contributed by atoms with van der Waals surface area (Å²) in [6.45, 7) is 0.835. The van der Waals surface area contributed by atoms with Crippen molar-refractivity contribution in [1.82, 2.24) is 15.5 Å². The van der Waals surface area contributed by atoms with Crippen LogP contribution in [0, 0.1) is 0 Å². The van der Waals surface area contributed by atoms with Gasteiger partial charge in [0.05, 0.1) is 7.11 Å². The molecule has 204 valence electrons. The lowest BCUT2D eigenvalue weighted by Crippen LogP contribution is -2.56. The lowest BCUT2D eigenvalue weighted by atomic mass is 10.0. The highest BCUT2D eigenvalue weighted by molar-refractivity contribution is 7.98. The third kappa shape index (κ3) is 8.24. The van der Waals surface area contributed by atoms with Crippen LogP contribution in [0.5, 0.6) is 5.75 Å². The van der Waals surface area contributed by atoms with Crippen molar-refractivity contribution in [3.05, 3.63) is 65.7 Å². The van der Waals surface area contributed by atoms with Crippen LogP contribution in [0.3, 0.4) is 0 Å². The van der Waals surface area contributed by atoms with Crippen LogP contribution in [-0.4, -0.2) is 72.9 Å². The van der Waals surface area contributed by atoms with Gasteiger partial charge in [-0.15, -0.1) is 0 Å². The number of carbonyl (C=O) groups excluding carboxylic acids is 4. The zero-order valence-corrected chi connectivity index (χ0v) is 22.6. The maximum Gasteiger partial charge on any atom is 0.328 e. The summed E-state index contributed by atoms with van der Waals surface area (Å²) in [4.78, 5) is 51.6. The van der Waals surface area contributed by atoms with E-state index in [9.17, 15) is 19.2 Å². The summed E-state index contributed by atoms with van der Waals surface area (Å²) < 4.78 is 10.7. The van der Waals surface area contributed by atoms with Gasteiger partial charge in [-0.1, -0.05) is 42.5 Å². The van der Waals surface area contributed by atoms with Gasteiger partial charge in [-0.25, -0.2) is 4.79 Å². The van der Waals surface area contributed by atoms with E-state index in [-0.39, 0.29) is 12.3 Å². The zero-order valence-electron chi connectivity index (χ0n) is 21.8. The molecule has 3 rings (SSSR count). The van der Waals surface area contributed by atoms with E-state index in [0.29, 0.717) is 50.3 Å². The molecular weight excluding hydrogens is 506 g/mol. The molecule has 0 unspecified atom stereocenters. The van der Waals surface area contributed by atoms with Crippen molar-refractivity contribution in [2.45, 2.75) is 50.4 Å². The molecule has 1 heterocycles. The Kier molecular flexibility index (Phi) is 11.5. The van der Waals surface area contributed by atoms with Gasteiger partial charge in [-0.3, -0.25) is 14.4 Å². The number of thioether (sulfide) groups is 1. The predicted molar refractivity (Wildman–Crippen MR) is 146 cm³/mol. The number of hydrogen-bond acceptors (Lipinski definition) is 7. The quantitative estimate of drug-likeness (QED) is 0.279. The number of nitrogens with zero attached hydrogens (tertiary/aromatic N) is 1. The van der Waals surface area contributed by atoms with Gasteiger partial charge < -0.3 is 25.0 Å². The fourth-order valence-electron chi connectivity index (χ4n) is 4.39. The lowest BCUT2D eigenvalue weighted by molar-refractivity contribution is -0.152. The summed E-state index contributed by atoms with van der Waals surface area (Å²) >= 11 is 1.56. The second-order valence-electron chi connectivity index (χ2n) is 9.01. The molecule has 3 atom stereocenters. The van der Waals surface area contributed by atoms with Crippen LogP contribution >= 0.6 is 11.8 Å². The normalized spacial score (nSPS) is 16.3. The molecule has 0 spiro atoms. The molecule has 9 nitrogen and oxygen atoms in total. The van der Waals surface area contributed by atoms with Crippen molar-refractivity contribution in [2.75, 3.05) is 25.7 Å². The summed E-state index contributed by atoms with van der Waals surface area (Å²) in [6.07, 6.45) is 4.22. The molecule has 1 aliphatic rings. The van der Waals surface area contributed by atoms with Gasteiger partial charge in [0.25, 0.3) is 0 Å².